The summed E-state index contributed by atoms with van der Waals surface area (Å²) in [5.74, 6) is 5.40. The standard InChI is InChI=1S/C13H16O3/c14-12-9-6-8-11(12)7-4-2-1-3-5-10-13(15)16/h8H,1,3,5-7,9-10H2,(H,15,16). The Balaban J connectivity index is 2.09. The topological polar surface area (TPSA) is 54.4 Å². The van der Waals surface area contributed by atoms with Gasteiger partial charge in [-0.3, -0.25) is 9.59 Å². The number of carboxylic acid groups (broad SMARTS) is 1. The minimum absolute atomic E-state index is 0.214. The van der Waals surface area contributed by atoms with E-state index in [2.05, 4.69) is 11.8 Å². The third-order valence-electron chi connectivity index (χ3n) is 2.47. The van der Waals surface area contributed by atoms with Crippen molar-refractivity contribution in [3.8, 4) is 11.8 Å². The first kappa shape index (κ1) is 12.5. The van der Waals surface area contributed by atoms with E-state index in [0.717, 1.165) is 24.8 Å². The van der Waals surface area contributed by atoms with Gasteiger partial charge in [0.25, 0.3) is 0 Å². The number of carbonyl (C=O) groups is 2. The molecule has 0 spiro atoms. The van der Waals surface area contributed by atoms with Gasteiger partial charge in [0.05, 0.1) is 0 Å². The van der Waals surface area contributed by atoms with E-state index in [9.17, 15) is 9.59 Å². The first-order valence-electron chi connectivity index (χ1n) is 5.60. The van der Waals surface area contributed by atoms with E-state index < -0.39 is 5.97 Å². The van der Waals surface area contributed by atoms with E-state index >= 15 is 0 Å². The second-order valence-corrected chi connectivity index (χ2v) is 3.82. The van der Waals surface area contributed by atoms with Gasteiger partial charge in [0.2, 0.25) is 0 Å². The van der Waals surface area contributed by atoms with Crippen LogP contribution in [-0.4, -0.2) is 16.9 Å². The predicted molar refractivity (Wildman–Crippen MR) is 60.8 cm³/mol. The summed E-state index contributed by atoms with van der Waals surface area (Å²) in [6.07, 6.45) is 6.42. The zero-order chi connectivity index (χ0) is 11.8. The van der Waals surface area contributed by atoms with Crippen LogP contribution < -0.4 is 0 Å². The van der Waals surface area contributed by atoms with Gasteiger partial charge in [0.15, 0.2) is 5.78 Å². The molecule has 0 fully saturated rings. The van der Waals surface area contributed by atoms with E-state index in [1.54, 1.807) is 0 Å². The lowest BCUT2D eigenvalue weighted by molar-refractivity contribution is -0.137. The quantitative estimate of drug-likeness (QED) is 0.571. The van der Waals surface area contributed by atoms with Crippen molar-refractivity contribution in [3.63, 3.8) is 0 Å². The highest BCUT2D eigenvalue weighted by molar-refractivity contribution is 5.97. The SMILES string of the molecule is O=C(O)CCCCC#CCC1=CCCC1=O. The lowest BCUT2D eigenvalue weighted by Crippen LogP contribution is -1.94. The Hall–Kier alpha value is -1.56. The zero-order valence-corrected chi connectivity index (χ0v) is 9.29. The summed E-state index contributed by atoms with van der Waals surface area (Å²) < 4.78 is 0. The molecule has 0 aliphatic heterocycles. The Morgan fingerprint density at radius 3 is 2.81 bits per heavy atom. The summed E-state index contributed by atoms with van der Waals surface area (Å²) in [4.78, 5) is 21.4. The molecule has 0 radical (unpaired) electrons. The van der Waals surface area contributed by atoms with Crippen LogP contribution in [0.25, 0.3) is 0 Å². The van der Waals surface area contributed by atoms with Crippen molar-refractivity contribution < 1.29 is 14.7 Å². The molecule has 0 unspecified atom stereocenters. The Morgan fingerprint density at radius 2 is 2.19 bits per heavy atom. The third-order valence-corrected chi connectivity index (χ3v) is 2.47. The summed E-state index contributed by atoms with van der Waals surface area (Å²) >= 11 is 0. The van der Waals surface area contributed by atoms with Crippen molar-refractivity contribution in [1.82, 2.24) is 0 Å². The zero-order valence-electron chi connectivity index (χ0n) is 9.29. The fraction of sp³-hybridized carbons (Fsp3) is 0.538. The van der Waals surface area contributed by atoms with Gasteiger partial charge in [-0.15, -0.1) is 5.92 Å². The lowest BCUT2D eigenvalue weighted by atomic mass is 10.1. The van der Waals surface area contributed by atoms with E-state index in [1.165, 1.54) is 0 Å². The average Bonchev–Trinajstić information content (AvgIpc) is 2.62. The van der Waals surface area contributed by atoms with Crippen LogP contribution in [0.5, 0.6) is 0 Å². The van der Waals surface area contributed by atoms with Gasteiger partial charge >= 0.3 is 5.97 Å². The molecule has 0 aromatic carbocycles. The summed E-state index contributed by atoms with van der Waals surface area (Å²) in [6.45, 7) is 0. The van der Waals surface area contributed by atoms with Gasteiger partial charge in [0.1, 0.15) is 0 Å². The van der Waals surface area contributed by atoms with Crippen molar-refractivity contribution in [2.24, 2.45) is 0 Å². The fourth-order valence-corrected chi connectivity index (χ4v) is 1.56. The molecular formula is C13H16O3. The van der Waals surface area contributed by atoms with Crippen LogP contribution in [0.4, 0.5) is 0 Å². The minimum atomic E-state index is -0.755. The van der Waals surface area contributed by atoms with Gasteiger partial charge in [-0.1, -0.05) is 12.0 Å². The van der Waals surface area contributed by atoms with Crippen LogP contribution >= 0.6 is 0 Å². The molecule has 0 aromatic heterocycles. The molecule has 0 atom stereocenters. The molecule has 1 aliphatic rings. The summed E-state index contributed by atoms with van der Waals surface area (Å²) in [7, 11) is 0. The number of aliphatic carboxylic acids is 1. The Bertz CT molecular complexity index is 355. The largest absolute Gasteiger partial charge is 0.481 e. The van der Waals surface area contributed by atoms with Gasteiger partial charge < -0.3 is 5.11 Å². The maximum absolute atomic E-state index is 11.2. The maximum atomic E-state index is 11.2. The molecule has 0 amide bonds. The van der Waals surface area contributed by atoms with Crippen molar-refractivity contribution in [3.05, 3.63) is 11.6 Å². The highest BCUT2D eigenvalue weighted by Crippen LogP contribution is 2.16. The first-order chi connectivity index (χ1) is 7.70. The van der Waals surface area contributed by atoms with E-state index in [4.69, 9.17) is 5.11 Å². The highest BCUT2D eigenvalue weighted by Gasteiger charge is 2.12. The second-order valence-electron chi connectivity index (χ2n) is 3.82. The van der Waals surface area contributed by atoms with Crippen LogP contribution in [0.1, 0.15) is 44.9 Å². The second kappa shape index (κ2) is 6.84. The molecule has 16 heavy (non-hydrogen) atoms. The molecule has 0 aromatic rings. The fourth-order valence-electron chi connectivity index (χ4n) is 1.56. The summed E-state index contributed by atoms with van der Waals surface area (Å²) in [6, 6.07) is 0. The maximum Gasteiger partial charge on any atom is 0.303 e. The average molecular weight is 220 g/mol. The molecule has 0 heterocycles. The lowest BCUT2D eigenvalue weighted by Gasteiger charge is -1.92. The van der Waals surface area contributed by atoms with Gasteiger partial charge in [-0.05, 0) is 19.3 Å². The minimum Gasteiger partial charge on any atom is -0.481 e. The molecule has 1 N–H and O–H groups in total. The summed E-state index contributed by atoms with van der Waals surface area (Å²) in [5, 5.41) is 8.41. The molecule has 1 aliphatic carbocycles. The van der Waals surface area contributed by atoms with Gasteiger partial charge in [0, 0.05) is 31.3 Å². The Labute approximate surface area is 95.5 Å². The molecule has 0 bridgehead atoms. The van der Waals surface area contributed by atoms with Crippen molar-refractivity contribution >= 4 is 11.8 Å². The number of unbranched alkanes of at least 4 members (excludes halogenated alkanes) is 2. The predicted octanol–water partition coefficient (Wildman–Crippen LogP) is 2.31. The number of hydrogen-bond acceptors (Lipinski definition) is 2. The van der Waals surface area contributed by atoms with Crippen molar-refractivity contribution in [2.75, 3.05) is 0 Å². The molecule has 0 saturated carbocycles. The van der Waals surface area contributed by atoms with Gasteiger partial charge in [-0.25, -0.2) is 0 Å². The number of carbonyl (C=O) groups excluding carboxylic acids is 1. The van der Waals surface area contributed by atoms with E-state index in [1.807, 2.05) is 6.08 Å². The number of ketones is 1. The molecular weight excluding hydrogens is 204 g/mol. The van der Waals surface area contributed by atoms with Crippen LogP contribution in [0.3, 0.4) is 0 Å². The van der Waals surface area contributed by atoms with E-state index in [0.29, 0.717) is 19.3 Å². The van der Waals surface area contributed by atoms with Crippen LogP contribution in [0.15, 0.2) is 11.6 Å². The van der Waals surface area contributed by atoms with Crippen molar-refractivity contribution in [2.45, 2.75) is 44.9 Å². The van der Waals surface area contributed by atoms with Crippen LogP contribution in [0, 0.1) is 11.8 Å². The normalized spacial score (nSPS) is 14.2. The highest BCUT2D eigenvalue weighted by atomic mass is 16.4. The Morgan fingerprint density at radius 1 is 1.38 bits per heavy atom. The molecule has 1 rings (SSSR count). The molecule has 3 heteroatoms. The van der Waals surface area contributed by atoms with Gasteiger partial charge in [-0.2, -0.15) is 0 Å². The monoisotopic (exact) mass is 220 g/mol. The van der Waals surface area contributed by atoms with Crippen LogP contribution in [-0.2, 0) is 9.59 Å². The summed E-state index contributed by atoms with van der Waals surface area (Å²) in [5.41, 5.74) is 0.845. The first-order valence-corrected chi connectivity index (χ1v) is 5.60. The Kier molecular flexibility index (Phi) is 5.35. The number of allylic oxidation sites excluding steroid dienone is 2. The molecule has 3 nitrogen and oxygen atoms in total. The smallest absolute Gasteiger partial charge is 0.303 e. The molecule has 0 saturated heterocycles. The van der Waals surface area contributed by atoms with E-state index in [-0.39, 0.29) is 12.2 Å². The number of Topliss-reactive ketones (excluding diaryl/α,β-unsaturated/α-hetero) is 1. The van der Waals surface area contributed by atoms with Crippen LogP contribution in [0.2, 0.25) is 0 Å². The number of hydrogen-bond donors (Lipinski definition) is 1. The third kappa shape index (κ3) is 4.79. The van der Waals surface area contributed by atoms with Crippen molar-refractivity contribution in [1.29, 1.82) is 0 Å². The number of carboxylic acids is 1. The molecule has 86 valence electrons. The number of rotatable bonds is 5.